The first-order valence-electron chi connectivity index (χ1n) is 9.89. The molecule has 2 amide bonds. The fourth-order valence-corrected chi connectivity index (χ4v) is 3.82. The minimum atomic E-state index is -0.459. The minimum Gasteiger partial charge on any atom is -0.497 e. The standard InChI is InChI=1S/C23H24Cl2N2O3/c1-30-18-9-6-16(7-10-18)14-21(23(29)27-12-4-2-3-5-13-27)26-22(28)19-11-8-17(24)15-20(19)25/h6-11,14-15H,2-5,12-13H2,1H3,(H,26,28)/b21-14+. The number of nitrogens with one attached hydrogen (secondary N) is 1. The van der Waals surface area contributed by atoms with Crippen LogP contribution in [0.1, 0.15) is 41.6 Å². The van der Waals surface area contributed by atoms with E-state index < -0.39 is 5.91 Å². The molecule has 0 spiro atoms. The first kappa shape index (κ1) is 22.2. The van der Waals surface area contributed by atoms with Crippen LogP contribution < -0.4 is 10.1 Å². The Morgan fingerprint density at radius 2 is 1.67 bits per heavy atom. The topological polar surface area (TPSA) is 58.6 Å². The van der Waals surface area contributed by atoms with Gasteiger partial charge >= 0.3 is 0 Å². The predicted octanol–water partition coefficient (Wildman–Crippen LogP) is 5.18. The first-order valence-corrected chi connectivity index (χ1v) is 10.6. The van der Waals surface area contributed by atoms with Crippen molar-refractivity contribution in [3.63, 3.8) is 0 Å². The first-order chi connectivity index (χ1) is 14.5. The summed E-state index contributed by atoms with van der Waals surface area (Å²) < 4.78 is 5.18. The lowest BCUT2D eigenvalue weighted by Gasteiger charge is -2.22. The van der Waals surface area contributed by atoms with Crippen LogP contribution in [0.4, 0.5) is 0 Å². The summed E-state index contributed by atoms with van der Waals surface area (Å²) in [7, 11) is 1.59. The van der Waals surface area contributed by atoms with E-state index in [0.29, 0.717) is 23.9 Å². The van der Waals surface area contributed by atoms with Crippen molar-refractivity contribution in [3.8, 4) is 5.75 Å². The average molecular weight is 447 g/mol. The number of hydrogen-bond donors (Lipinski definition) is 1. The second-order valence-electron chi connectivity index (χ2n) is 7.12. The Labute approximate surface area is 186 Å². The third-order valence-electron chi connectivity index (χ3n) is 4.97. The minimum absolute atomic E-state index is 0.203. The third-order valence-corrected chi connectivity index (χ3v) is 5.52. The number of hydrogen-bond acceptors (Lipinski definition) is 3. The molecule has 0 bridgehead atoms. The number of likely N-dealkylation sites (tertiary alicyclic amines) is 1. The number of nitrogens with zero attached hydrogens (tertiary/aromatic N) is 1. The second kappa shape index (κ2) is 10.5. The fraction of sp³-hybridized carbons (Fsp3) is 0.304. The van der Waals surface area contributed by atoms with E-state index in [1.807, 2.05) is 12.1 Å². The summed E-state index contributed by atoms with van der Waals surface area (Å²) >= 11 is 12.1. The van der Waals surface area contributed by atoms with Gasteiger partial charge in [-0.2, -0.15) is 0 Å². The largest absolute Gasteiger partial charge is 0.497 e. The van der Waals surface area contributed by atoms with E-state index in [4.69, 9.17) is 27.9 Å². The zero-order chi connectivity index (χ0) is 21.5. The summed E-state index contributed by atoms with van der Waals surface area (Å²) in [5, 5.41) is 3.42. The second-order valence-corrected chi connectivity index (χ2v) is 7.96. The lowest BCUT2D eigenvalue weighted by Crippen LogP contribution is -2.39. The van der Waals surface area contributed by atoms with E-state index >= 15 is 0 Å². The number of benzene rings is 2. The molecule has 0 unspecified atom stereocenters. The van der Waals surface area contributed by atoms with Crippen molar-refractivity contribution >= 4 is 41.1 Å². The molecule has 2 aromatic carbocycles. The van der Waals surface area contributed by atoms with Crippen molar-refractivity contribution < 1.29 is 14.3 Å². The fourth-order valence-electron chi connectivity index (χ4n) is 3.33. The summed E-state index contributed by atoms with van der Waals surface area (Å²) in [6.07, 6.45) is 5.80. The van der Waals surface area contributed by atoms with Crippen LogP contribution in [0.25, 0.3) is 6.08 Å². The van der Waals surface area contributed by atoms with Crippen LogP contribution >= 0.6 is 23.2 Å². The van der Waals surface area contributed by atoms with Gasteiger partial charge in [-0.25, -0.2) is 0 Å². The maximum absolute atomic E-state index is 13.2. The normalized spacial score (nSPS) is 14.8. The predicted molar refractivity (Wildman–Crippen MR) is 120 cm³/mol. The van der Waals surface area contributed by atoms with Gasteiger partial charge in [0.1, 0.15) is 11.4 Å². The number of ether oxygens (including phenoxy) is 1. The van der Waals surface area contributed by atoms with Crippen LogP contribution in [-0.2, 0) is 4.79 Å². The molecule has 0 aliphatic carbocycles. The zero-order valence-corrected chi connectivity index (χ0v) is 18.3. The highest BCUT2D eigenvalue weighted by Gasteiger charge is 2.22. The molecule has 1 saturated heterocycles. The van der Waals surface area contributed by atoms with Gasteiger partial charge < -0.3 is 15.0 Å². The molecule has 1 N–H and O–H groups in total. The zero-order valence-electron chi connectivity index (χ0n) is 16.8. The van der Waals surface area contributed by atoms with Gasteiger partial charge in [-0.1, -0.05) is 48.2 Å². The van der Waals surface area contributed by atoms with E-state index in [1.54, 1.807) is 42.4 Å². The van der Waals surface area contributed by atoms with Gasteiger partial charge in [0.15, 0.2) is 0 Å². The SMILES string of the molecule is COc1ccc(/C=C(/NC(=O)c2ccc(Cl)cc2Cl)C(=O)N2CCCCCC2)cc1. The van der Waals surface area contributed by atoms with Gasteiger partial charge in [-0.05, 0) is 54.8 Å². The highest BCUT2D eigenvalue weighted by Crippen LogP contribution is 2.22. The van der Waals surface area contributed by atoms with Gasteiger partial charge in [-0.15, -0.1) is 0 Å². The van der Waals surface area contributed by atoms with Crippen LogP contribution in [0.15, 0.2) is 48.2 Å². The Bertz CT molecular complexity index is 934. The van der Waals surface area contributed by atoms with Crippen molar-refractivity contribution in [2.24, 2.45) is 0 Å². The molecule has 1 fully saturated rings. The molecule has 0 aromatic heterocycles. The molecule has 3 rings (SSSR count). The molecule has 1 aliphatic heterocycles. The van der Waals surface area contributed by atoms with Crippen molar-refractivity contribution in [2.75, 3.05) is 20.2 Å². The Morgan fingerprint density at radius 1 is 1.00 bits per heavy atom. The van der Waals surface area contributed by atoms with Crippen LogP contribution in [0, 0.1) is 0 Å². The van der Waals surface area contributed by atoms with Gasteiger partial charge in [-0.3, -0.25) is 9.59 Å². The highest BCUT2D eigenvalue weighted by molar-refractivity contribution is 6.36. The smallest absolute Gasteiger partial charge is 0.270 e. The van der Waals surface area contributed by atoms with Crippen LogP contribution in [0.3, 0.4) is 0 Å². The molecule has 5 nitrogen and oxygen atoms in total. The quantitative estimate of drug-likeness (QED) is 0.643. The van der Waals surface area contributed by atoms with Crippen molar-refractivity contribution in [1.29, 1.82) is 0 Å². The third kappa shape index (κ3) is 5.77. The van der Waals surface area contributed by atoms with Gasteiger partial charge in [0, 0.05) is 18.1 Å². The molecule has 2 aromatic rings. The summed E-state index contributed by atoms with van der Waals surface area (Å²) in [6.45, 7) is 1.35. The molecule has 1 heterocycles. The number of rotatable bonds is 5. The number of carbonyl (C=O) groups excluding carboxylic acids is 2. The summed E-state index contributed by atoms with van der Waals surface area (Å²) in [6, 6.07) is 11.9. The molecule has 1 aliphatic rings. The molecule has 0 radical (unpaired) electrons. The Hall–Kier alpha value is -2.50. The number of halogens is 2. The molecule has 7 heteroatoms. The lowest BCUT2D eigenvalue weighted by atomic mass is 10.1. The Morgan fingerprint density at radius 3 is 2.27 bits per heavy atom. The van der Waals surface area contributed by atoms with E-state index in [0.717, 1.165) is 31.2 Å². The Balaban J connectivity index is 1.90. The van der Waals surface area contributed by atoms with E-state index in [1.165, 1.54) is 6.07 Å². The van der Waals surface area contributed by atoms with Crippen LogP contribution in [0.5, 0.6) is 5.75 Å². The van der Waals surface area contributed by atoms with E-state index in [9.17, 15) is 9.59 Å². The summed E-state index contributed by atoms with van der Waals surface area (Å²) in [4.78, 5) is 27.9. The van der Waals surface area contributed by atoms with Crippen LogP contribution in [0.2, 0.25) is 10.0 Å². The van der Waals surface area contributed by atoms with E-state index in [-0.39, 0.29) is 22.2 Å². The monoisotopic (exact) mass is 446 g/mol. The van der Waals surface area contributed by atoms with Crippen molar-refractivity contribution in [2.45, 2.75) is 25.7 Å². The molecular formula is C23H24Cl2N2O3. The van der Waals surface area contributed by atoms with E-state index in [2.05, 4.69) is 5.32 Å². The number of methoxy groups -OCH3 is 1. The van der Waals surface area contributed by atoms with Crippen LogP contribution in [-0.4, -0.2) is 36.9 Å². The molecule has 0 saturated carbocycles. The molecule has 0 atom stereocenters. The molecular weight excluding hydrogens is 423 g/mol. The van der Waals surface area contributed by atoms with Crippen molar-refractivity contribution in [1.82, 2.24) is 10.2 Å². The van der Waals surface area contributed by atoms with Gasteiger partial charge in [0.05, 0.1) is 17.7 Å². The Kier molecular flexibility index (Phi) is 7.77. The van der Waals surface area contributed by atoms with Gasteiger partial charge in [0.2, 0.25) is 0 Å². The summed E-state index contributed by atoms with van der Waals surface area (Å²) in [5.74, 6) is 0.0512. The molecule has 30 heavy (non-hydrogen) atoms. The number of carbonyl (C=O) groups is 2. The lowest BCUT2D eigenvalue weighted by molar-refractivity contribution is -0.127. The maximum Gasteiger partial charge on any atom is 0.270 e. The molecule has 158 valence electrons. The van der Waals surface area contributed by atoms with Gasteiger partial charge in [0.25, 0.3) is 11.8 Å². The summed E-state index contributed by atoms with van der Waals surface area (Å²) in [5.41, 5.74) is 1.24. The highest BCUT2D eigenvalue weighted by atomic mass is 35.5. The number of amides is 2. The van der Waals surface area contributed by atoms with Crippen molar-refractivity contribution in [3.05, 3.63) is 69.3 Å². The maximum atomic E-state index is 13.2. The average Bonchev–Trinajstić information content (AvgIpc) is 3.02.